The minimum absolute atomic E-state index is 0.192. The number of amides is 1. The fourth-order valence-corrected chi connectivity index (χ4v) is 2.96. The molecule has 2 N–H and O–H groups in total. The van der Waals surface area contributed by atoms with Gasteiger partial charge in [0.25, 0.3) is 0 Å². The number of carbonyl (C=O) groups is 1. The molecule has 3 aromatic carbocycles. The van der Waals surface area contributed by atoms with Crippen molar-refractivity contribution in [2.24, 2.45) is 5.73 Å². The number of benzene rings is 3. The molecular formula is C21H19NO. The molecule has 0 bridgehead atoms. The van der Waals surface area contributed by atoms with Crippen LogP contribution in [0.1, 0.15) is 33.0 Å². The minimum Gasteiger partial charge on any atom is -0.366 e. The van der Waals surface area contributed by atoms with Crippen LogP contribution in [0.2, 0.25) is 0 Å². The molecule has 0 aliphatic carbocycles. The predicted octanol–water partition coefficient (Wildman–Crippen LogP) is 4.16. The molecule has 114 valence electrons. The third-order valence-corrected chi connectivity index (χ3v) is 4.11. The molecule has 0 atom stereocenters. The summed E-state index contributed by atoms with van der Waals surface area (Å²) in [6, 6.07) is 28.3. The van der Waals surface area contributed by atoms with E-state index in [1.165, 1.54) is 11.1 Å². The van der Waals surface area contributed by atoms with Gasteiger partial charge in [0.1, 0.15) is 0 Å². The van der Waals surface area contributed by atoms with Crippen LogP contribution in [0.4, 0.5) is 0 Å². The molecule has 0 saturated carbocycles. The van der Waals surface area contributed by atoms with Gasteiger partial charge in [-0.15, -0.1) is 0 Å². The summed E-state index contributed by atoms with van der Waals surface area (Å²) in [6.07, 6.45) is 0.743. The first-order valence-electron chi connectivity index (χ1n) is 7.73. The summed E-state index contributed by atoms with van der Waals surface area (Å²) < 4.78 is 0. The molecule has 1 amide bonds. The van der Waals surface area contributed by atoms with Crippen LogP contribution in [0.15, 0.2) is 84.9 Å². The lowest BCUT2D eigenvalue weighted by atomic mass is 9.85. The first kappa shape index (κ1) is 15.0. The molecule has 0 radical (unpaired) electrons. The highest BCUT2D eigenvalue weighted by Gasteiger charge is 2.17. The van der Waals surface area contributed by atoms with Gasteiger partial charge in [-0.05, 0) is 29.2 Å². The Labute approximate surface area is 136 Å². The van der Waals surface area contributed by atoms with Crippen molar-refractivity contribution in [1.82, 2.24) is 0 Å². The summed E-state index contributed by atoms with van der Waals surface area (Å²) in [5.74, 6) is -0.182. The lowest BCUT2D eigenvalue weighted by molar-refractivity contribution is 0.0999. The molecule has 0 heterocycles. The van der Waals surface area contributed by atoms with Crippen molar-refractivity contribution in [2.45, 2.75) is 12.3 Å². The van der Waals surface area contributed by atoms with Crippen LogP contribution in [-0.4, -0.2) is 5.91 Å². The summed E-state index contributed by atoms with van der Waals surface area (Å²) >= 11 is 0. The van der Waals surface area contributed by atoms with E-state index in [1.54, 1.807) is 6.07 Å². The molecule has 2 heteroatoms. The number of rotatable bonds is 5. The van der Waals surface area contributed by atoms with Gasteiger partial charge in [-0.1, -0.05) is 78.9 Å². The molecule has 23 heavy (non-hydrogen) atoms. The monoisotopic (exact) mass is 301 g/mol. The smallest absolute Gasteiger partial charge is 0.248 e. The zero-order valence-corrected chi connectivity index (χ0v) is 12.9. The maximum atomic E-state index is 11.7. The number of hydrogen-bond donors (Lipinski definition) is 1. The van der Waals surface area contributed by atoms with Gasteiger partial charge in [0.05, 0.1) is 0 Å². The molecule has 0 fully saturated rings. The van der Waals surface area contributed by atoms with Crippen molar-refractivity contribution in [2.75, 3.05) is 0 Å². The van der Waals surface area contributed by atoms with Crippen LogP contribution in [0.5, 0.6) is 0 Å². The summed E-state index contributed by atoms with van der Waals surface area (Å²) in [5.41, 5.74) is 9.58. The number of nitrogens with two attached hydrogens (primary N) is 1. The Hall–Kier alpha value is -2.87. The fourth-order valence-electron chi connectivity index (χ4n) is 2.96. The molecule has 3 rings (SSSR count). The van der Waals surface area contributed by atoms with Crippen molar-refractivity contribution < 1.29 is 4.79 Å². The van der Waals surface area contributed by atoms with E-state index in [-0.39, 0.29) is 11.8 Å². The maximum Gasteiger partial charge on any atom is 0.248 e. The van der Waals surface area contributed by atoms with Crippen LogP contribution in [0, 0.1) is 0 Å². The molecule has 3 aromatic rings. The van der Waals surface area contributed by atoms with Crippen LogP contribution < -0.4 is 5.73 Å². The van der Waals surface area contributed by atoms with Gasteiger partial charge >= 0.3 is 0 Å². The largest absolute Gasteiger partial charge is 0.366 e. The average Bonchev–Trinajstić information content (AvgIpc) is 2.61. The van der Waals surface area contributed by atoms with Crippen molar-refractivity contribution in [3.8, 4) is 0 Å². The van der Waals surface area contributed by atoms with E-state index in [0.29, 0.717) is 5.56 Å². The SMILES string of the molecule is NC(=O)c1ccccc1CC(c1ccccc1)c1ccccc1. The zero-order chi connectivity index (χ0) is 16.1. The zero-order valence-electron chi connectivity index (χ0n) is 12.9. The second-order valence-corrected chi connectivity index (χ2v) is 5.60. The van der Waals surface area contributed by atoms with E-state index in [2.05, 4.69) is 24.3 Å². The van der Waals surface area contributed by atoms with Gasteiger partial charge in [0.15, 0.2) is 0 Å². The first-order valence-corrected chi connectivity index (χ1v) is 7.73. The Morgan fingerprint density at radius 2 is 1.22 bits per heavy atom. The number of carbonyl (C=O) groups excluding carboxylic acids is 1. The lowest BCUT2D eigenvalue weighted by Gasteiger charge is -2.19. The van der Waals surface area contributed by atoms with Crippen molar-refractivity contribution in [3.63, 3.8) is 0 Å². The molecule has 0 aliphatic heterocycles. The Morgan fingerprint density at radius 3 is 1.74 bits per heavy atom. The highest BCUT2D eigenvalue weighted by atomic mass is 16.1. The van der Waals surface area contributed by atoms with E-state index in [1.807, 2.05) is 54.6 Å². The highest BCUT2D eigenvalue weighted by molar-refractivity contribution is 5.94. The molecule has 0 aliphatic rings. The number of hydrogen-bond acceptors (Lipinski definition) is 1. The molecular weight excluding hydrogens is 282 g/mol. The van der Waals surface area contributed by atoms with Gasteiger partial charge in [-0.25, -0.2) is 0 Å². The van der Waals surface area contributed by atoms with Gasteiger partial charge in [-0.2, -0.15) is 0 Å². The van der Waals surface area contributed by atoms with Gasteiger partial charge in [-0.3, -0.25) is 4.79 Å². The standard InChI is InChI=1S/C21H19NO/c22-21(23)19-14-8-7-13-18(19)15-20(16-9-3-1-4-10-16)17-11-5-2-6-12-17/h1-14,20H,15H2,(H2,22,23). The van der Waals surface area contributed by atoms with Crippen molar-refractivity contribution >= 4 is 5.91 Å². The predicted molar refractivity (Wildman–Crippen MR) is 93.4 cm³/mol. The quantitative estimate of drug-likeness (QED) is 0.755. The highest BCUT2D eigenvalue weighted by Crippen LogP contribution is 2.29. The van der Waals surface area contributed by atoms with Crippen LogP contribution in [0.25, 0.3) is 0 Å². The molecule has 0 unspecified atom stereocenters. The summed E-state index contributed by atoms with van der Waals surface area (Å²) in [7, 11) is 0. The minimum atomic E-state index is -0.375. The van der Waals surface area contributed by atoms with Crippen molar-refractivity contribution in [1.29, 1.82) is 0 Å². The Kier molecular flexibility index (Phi) is 4.53. The second kappa shape index (κ2) is 6.93. The third-order valence-electron chi connectivity index (χ3n) is 4.11. The van der Waals surface area contributed by atoms with E-state index in [4.69, 9.17) is 5.73 Å². The van der Waals surface area contributed by atoms with Crippen LogP contribution in [-0.2, 0) is 6.42 Å². The van der Waals surface area contributed by atoms with Crippen LogP contribution in [0.3, 0.4) is 0 Å². The molecule has 0 aromatic heterocycles. The third kappa shape index (κ3) is 3.49. The van der Waals surface area contributed by atoms with Gasteiger partial charge < -0.3 is 5.73 Å². The Balaban J connectivity index is 2.02. The van der Waals surface area contributed by atoms with Gasteiger partial charge in [0.2, 0.25) is 5.91 Å². The van der Waals surface area contributed by atoms with E-state index < -0.39 is 0 Å². The molecule has 2 nitrogen and oxygen atoms in total. The van der Waals surface area contributed by atoms with E-state index >= 15 is 0 Å². The van der Waals surface area contributed by atoms with Crippen LogP contribution >= 0.6 is 0 Å². The van der Waals surface area contributed by atoms with Gasteiger partial charge in [0, 0.05) is 11.5 Å². The fraction of sp³-hybridized carbons (Fsp3) is 0.0952. The summed E-state index contributed by atoms with van der Waals surface area (Å²) in [6.45, 7) is 0. The Morgan fingerprint density at radius 1 is 0.739 bits per heavy atom. The average molecular weight is 301 g/mol. The molecule has 0 saturated heterocycles. The lowest BCUT2D eigenvalue weighted by Crippen LogP contribution is -2.15. The second-order valence-electron chi connectivity index (χ2n) is 5.60. The molecule has 0 spiro atoms. The maximum absolute atomic E-state index is 11.7. The van der Waals surface area contributed by atoms with E-state index in [9.17, 15) is 4.79 Å². The van der Waals surface area contributed by atoms with E-state index in [0.717, 1.165) is 12.0 Å². The summed E-state index contributed by atoms with van der Waals surface area (Å²) in [5, 5.41) is 0. The first-order chi connectivity index (χ1) is 11.3. The topological polar surface area (TPSA) is 43.1 Å². The number of primary amides is 1. The normalized spacial score (nSPS) is 10.7. The van der Waals surface area contributed by atoms with Crippen molar-refractivity contribution in [3.05, 3.63) is 107 Å². The summed E-state index contributed by atoms with van der Waals surface area (Å²) in [4.78, 5) is 11.7. The Bertz CT molecular complexity index is 742.